The summed E-state index contributed by atoms with van der Waals surface area (Å²) in [4.78, 5) is 22.3. The van der Waals surface area contributed by atoms with E-state index in [4.69, 9.17) is 18.9 Å². The first-order valence-electron chi connectivity index (χ1n) is 5.24. The largest absolute Gasteiger partial charge is 0.460 e. The van der Waals surface area contributed by atoms with Crippen molar-refractivity contribution < 1.29 is 28.5 Å². The van der Waals surface area contributed by atoms with Gasteiger partial charge in [0.15, 0.2) is 12.2 Å². The molecule has 4 unspecified atom stereocenters. The first kappa shape index (κ1) is 11.3. The van der Waals surface area contributed by atoms with Crippen molar-refractivity contribution in [3.8, 4) is 0 Å². The summed E-state index contributed by atoms with van der Waals surface area (Å²) in [5, 5.41) is 0. The average Bonchev–Trinajstić information content (AvgIpc) is 3.11. The summed E-state index contributed by atoms with van der Waals surface area (Å²) < 4.78 is 19.5. The fourth-order valence-electron chi connectivity index (χ4n) is 1.31. The zero-order valence-corrected chi connectivity index (χ0v) is 9.17. The molecule has 6 heteroatoms. The van der Waals surface area contributed by atoms with Gasteiger partial charge in [-0.15, -0.1) is 0 Å². The van der Waals surface area contributed by atoms with Crippen molar-refractivity contribution in [1.82, 2.24) is 0 Å². The number of carbonyl (C=O) groups excluding carboxylic acids is 2. The Morgan fingerprint density at radius 3 is 1.50 bits per heavy atom. The number of ether oxygens (including phenoxy) is 4. The van der Waals surface area contributed by atoms with Gasteiger partial charge in [0.05, 0.1) is 12.2 Å². The predicted octanol–water partition coefficient (Wildman–Crippen LogP) is -0.353. The zero-order valence-electron chi connectivity index (χ0n) is 9.17. The van der Waals surface area contributed by atoms with Gasteiger partial charge in [-0.3, -0.25) is 0 Å². The van der Waals surface area contributed by atoms with Crippen LogP contribution in [0, 0.1) is 0 Å². The van der Waals surface area contributed by atoms with E-state index in [1.807, 2.05) is 0 Å². The first-order valence-corrected chi connectivity index (χ1v) is 5.24. The maximum absolute atomic E-state index is 11.1. The quantitative estimate of drug-likeness (QED) is 0.365. The van der Waals surface area contributed by atoms with Crippen LogP contribution >= 0.6 is 0 Å². The molecule has 0 amide bonds. The topological polar surface area (TPSA) is 77.7 Å². The lowest BCUT2D eigenvalue weighted by Crippen LogP contribution is -2.20. The van der Waals surface area contributed by atoms with Crippen LogP contribution in [0.3, 0.4) is 0 Å². The van der Waals surface area contributed by atoms with Crippen LogP contribution in [0.2, 0.25) is 0 Å². The van der Waals surface area contributed by atoms with Crippen LogP contribution in [0.15, 0.2) is 0 Å². The monoisotopic (exact) mass is 230 g/mol. The Bertz CT molecular complexity index is 272. The number of carbonyl (C=O) groups is 2. The molecule has 2 heterocycles. The highest BCUT2D eigenvalue weighted by Crippen LogP contribution is 2.23. The van der Waals surface area contributed by atoms with E-state index in [1.54, 1.807) is 13.8 Å². The fourth-order valence-corrected chi connectivity index (χ4v) is 1.31. The molecule has 4 atom stereocenters. The number of rotatable bonds is 5. The molecule has 0 saturated carbocycles. The van der Waals surface area contributed by atoms with Crippen molar-refractivity contribution in [2.24, 2.45) is 0 Å². The van der Waals surface area contributed by atoms with Gasteiger partial charge >= 0.3 is 11.9 Å². The second-order valence-electron chi connectivity index (χ2n) is 3.86. The van der Waals surface area contributed by atoms with Crippen molar-refractivity contribution in [3.05, 3.63) is 0 Å². The summed E-state index contributed by atoms with van der Waals surface area (Å²) >= 11 is 0. The second kappa shape index (κ2) is 4.39. The van der Waals surface area contributed by atoms with Crippen molar-refractivity contribution >= 4 is 11.9 Å². The molecule has 0 aromatic carbocycles. The third-order valence-corrected chi connectivity index (χ3v) is 2.46. The van der Waals surface area contributed by atoms with E-state index in [0.717, 1.165) is 0 Å². The van der Waals surface area contributed by atoms with E-state index >= 15 is 0 Å². The molecule has 0 bridgehead atoms. The molecule has 0 aromatic heterocycles. The maximum atomic E-state index is 11.1. The summed E-state index contributed by atoms with van der Waals surface area (Å²) in [7, 11) is 0. The highest BCUT2D eigenvalue weighted by molar-refractivity contribution is 5.78. The lowest BCUT2D eigenvalue weighted by Gasteiger charge is -2.03. The van der Waals surface area contributed by atoms with Crippen LogP contribution < -0.4 is 0 Å². The minimum absolute atomic E-state index is 0.0538. The van der Waals surface area contributed by atoms with Crippen molar-refractivity contribution in [3.63, 3.8) is 0 Å². The molecular formula is C10H14O6. The molecule has 2 aliphatic rings. The lowest BCUT2D eigenvalue weighted by molar-refractivity contribution is -0.153. The fraction of sp³-hybridized carbons (Fsp3) is 0.800. The van der Waals surface area contributed by atoms with Gasteiger partial charge in [-0.05, 0) is 13.8 Å². The molecule has 2 rings (SSSR count). The Morgan fingerprint density at radius 1 is 0.938 bits per heavy atom. The Morgan fingerprint density at radius 2 is 1.25 bits per heavy atom. The minimum Gasteiger partial charge on any atom is -0.460 e. The Balaban J connectivity index is 1.52. The number of esters is 2. The van der Waals surface area contributed by atoms with E-state index in [2.05, 4.69) is 0 Å². The van der Waals surface area contributed by atoms with Crippen LogP contribution in [0.4, 0.5) is 0 Å². The van der Waals surface area contributed by atoms with Gasteiger partial charge in [0, 0.05) is 0 Å². The van der Waals surface area contributed by atoms with E-state index in [0.29, 0.717) is 0 Å². The third-order valence-electron chi connectivity index (χ3n) is 2.46. The summed E-state index contributed by atoms with van der Waals surface area (Å²) in [5.41, 5.74) is 0. The molecule has 0 spiro atoms. The highest BCUT2D eigenvalue weighted by Gasteiger charge is 2.43. The van der Waals surface area contributed by atoms with Crippen LogP contribution in [-0.4, -0.2) is 49.6 Å². The van der Waals surface area contributed by atoms with Gasteiger partial charge in [-0.1, -0.05) is 0 Å². The number of epoxide rings is 2. The summed E-state index contributed by atoms with van der Waals surface area (Å²) in [6.45, 7) is 3.69. The smallest absolute Gasteiger partial charge is 0.338 e. The molecule has 16 heavy (non-hydrogen) atoms. The zero-order chi connectivity index (χ0) is 11.7. The van der Waals surface area contributed by atoms with Gasteiger partial charge in [0.1, 0.15) is 13.2 Å². The molecule has 0 radical (unpaired) electrons. The van der Waals surface area contributed by atoms with Gasteiger partial charge < -0.3 is 18.9 Å². The molecule has 0 N–H and O–H groups in total. The molecule has 6 nitrogen and oxygen atoms in total. The molecule has 90 valence electrons. The summed E-state index contributed by atoms with van der Waals surface area (Å²) in [5.74, 6) is -0.806. The van der Waals surface area contributed by atoms with E-state index in [1.165, 1.54) is 0 Å². The SMILES string of the molecule is CC1OC1C(=O)OCCOC(=O)C1OC1C. The number of hydrogen-bond acceptors (Lipinski definition) is 6. The van der Waals surface area contributed by atoms with Crippen LogP contribution in [-0.2, 0) is 28.5 Å². The predicted molar refractivity (Wildman–Crippen MR) is 50.6 cm³/mol. The van der Waals surface area contributed by atoms with Crippen molar-refractivity contribution in [1.29, 1.82) is 0 Å². The standard InChI is InChI=1S/C10H14O6/c1-5-7(15-5)9(11)13-3-4-14-10(12)8-6(2)16-8/h5-8H,3-4H2,1-2H3. The van der Waals surface area contributed by atoms with E-state index in [-0.39, 0.29) is 25.4 Å². The average molecular weight is 230 g/mol. The number of hydrogen-bond donors (Lipinski definition) is 0. The lowest BCUT2D eigenvalue weighted by atomic mass is 10.3. The third kappa shape index (κ3) is 2.70. The van der Waals surface area contributed by atoms with E-state index < -0.39 is 24.1 Å². The van der Waals surface area contributed by atoms with Gasteiger partial charge in [-0.25, -0.2) is 9.59 Å². The van der Waals surface area contributed by atoms with Crippen LogP contribution in [0.5, 0.6) is 0 Å². The van der Waals surface area contributed by atoms with E-state index in [9.17, 15) is 9.59 Å². The molecule has 0 aromatic rings. The Hall–Kier alpha value is -1.14. The van der Waals surface area contributed by atoms with Gasteiger partial charge in [0.25, 0.3) is 0 Å². The second-order valence-corrected chi connectivity index (χ2v) is 3.86. The first-order chi connectivity index (χ1) is 7.59. The van der Waals surface area contributed by atoms with Crippen molar-refractivity contribution in [2.45, 2.75) is 38.3 Å². The minimum atomic E-state index is -0.442. The molecule has 2 saturated heterocycles. The Labute approximate surface area is 92.8 Å². The summed E-state index contributed by atoms with van der Waals surface area (Å²) in [6, 6.07) is 0. The molecular weight excluding hydrogens is 216 g/mol. The van der Waals surface area contributed by atoms with Crippen LogP contribution in [0.25, 0.3) is 0 Å². The van der Waals surface area contributed by atoms with Gasteiger partial charge in [0.2, 0.25) is 0 Å². The van der Waals surface area contributed by atoms with Crippen molar-refractivity contribution in [2.75, 3.05) is 13.2 Å². The Kier molecular flexibility index (Phi) is 3.11. The summed E-state index contributed by atoms with van der Waals surface area (Å²) in [6.07, 6.45) is -1.00. The van der Waals surface area contributed by atoms with Gasteiger partial charge in [-0.2, -0.15) is 0 Å². The highest BCUT2D eigenvalue weighted by atomic mass is 16.7. The maximum Gasteiger partial charge on any atom is 0.338 e. The van der Waals surface area contributed by atoms with Crippen LogP contribution in [0.1, 0.15) is 13.8 Å². The molecule has 0 aliphatic carbocycles. The normalized spacial score (nSPS) is 35.4. The molecule has 2 aliphatic heterocycles. The molecule has 2 fully saturated rings.